The molecule has 4 heteroatoms. The van der Waals surface area contributed by atoms with Gasteiger partial charge in [-0.05, 0) is 24.6 Å². The van der Waals surface area contributed by atoms with Crippen molar-refractivity contribution in [1.29, 1.82) is 0 Å². The quantitative estimate of drug-likeness (QED) is 0.713. The fraction of sp³-hybridized carbons (Fsp3) is 0.0667. The van der Waals surface area contributed by atoms with Gasteiger partial charge < -0.3 is 4.98 Å². The number of aromatic amines is 1. The summed E-state index contributed by atoms with van der Waals surface area (Å²) in [5, 5.41) is 0.744. The molecule has 3 nitrogen and oxygen atoms in total. The monoisotopic (exact) mass is 254 g/mol. The maximum absolute atomic E-state index is 13.5. The van der Waals surface area contributed by atoms with Gasteiger partial charge in [0, 0.05) is 40.6 Å². The van der Waals surface area contributed by atoms with Gasteiger partial charge in [-0.25, -0.2) is 4.39 Å². The third-order valence-corrected chi connectivity index (χ3v) is 3.16. The van der Waals surface area contributed by atoms with Crippen LogP contribution in [0.1, 0.15) is 21.5 Å². The van der Waals surface area contributed by atoms with Crippen molar-refractivity contribution in [3.05, 3.63) is 65.4 Å². The average molecular weight is 254 g/mol. The van der Waals surface area contributed by atoms with Crippen molar-refractivity contribution < 1.29 is 9.18 Å². The lowest BCUT2D eigenvalue weighted by atomic mass is 10.0. The van der Waals surface area contributed by atoms with E-state index >= 15 is 0 Å². The van der Waals surface area contributed by atoms with Gasteiger partial charge in [0.15, 0.2) is 5.78 Å². The lowest BCUT2D eigenvalue weighted by Crippen LogP contribution is -2.01. The summed E-state index contributed by atoms with van der Waals surface area (Å²) in [5.74, 6) is -0.582. The van der Waals surface area contributed by atoms with Crippen LogP contribution in [0.5, 0.6) is 0 Å². The van der Waals surface area contributed by atoms with Gasteiger partial charge in [-0.3, -0.25) is 9.78 Å². The Bertz CT molecular complexity index is 777. The molecule has 2 aromatic heterocycles. The molecule has 0 aliphatic rings. The first-order chi connectivity index (χ1) is 9.16. The Balaban J connectivity index is 2.11. The number of pyridine rings is 1. The molecule has 0 saturated carbocycles. The summed E-state index contributed by atoms with van der Waals surface area (Å²) in [4.78, 5) is 19.4. The second-order valence-electron chi connectivity index (χ2n) is 4.42. The number of halogens is 1. The fourth-order valence-electron chi connectivity index (χ4n) is 2.04. The van der Waals surface area contributed by atoms with Crippen LogP contribution in [-0.2, 0) is 0 Å². The highest BCUT2D eigenvalue weighted by Crippen LogP contribution is 2.21. The number of aryl methyl sites for hydroxylation is 1. The topological polar surface area (TPSA) is 45.8 Å². The van der Waals surface area contributed by atoms with Crippen LogP contribution in [0, 0.1) is 12.7 Å². The number of H-pyrrole nitrogens is 1. The van der Waals surface area contributed by atoms with Crippen molar-refractivity contribution in [2.24, 2.45) is 0 Å². The molecule has 2 heterocycles. The lowest BCUT2D eigenvalue weighted by Gasteiger charge is -2.02. The van der Waals surface area contributed by atoms with Crippen molar-refractivity contribution in [2.75, 3.05) is 0 Å². The molecule has 0 spiro atoms. The summed E-state index contributed by atoms with van der Waals surface area (Å²) in [6.45, 7) is 1.67. The Kier molecular flexibility index (Phi) is 2.63. The number of aromatic nitrogens is 2. The number of carbonyl (C=O) groups is 1. The summed E-state index contributed by atoms with van der Waals surface area (Å²) in [6.07, 6.45) is 4.91. The molecule has 1 N–H and O–H groups in total. The Labute approximate surface area is 109 Å². The van der Waals surface area contributed by atoms with Gasteiger partial charge in [-0.1, -0.05) is 12.1 Å². The molecular formula is C15H11FN2O. The number of fused-ring (bicyclic) bond motifs is 1. The van der Waals surface area contributed by atoms with Crippen molar-refractivity contribution in [3.8, 4) is 0 Å². The van der Waals surface area contributed by atoms with E-state index in [4.69, 9.17) is 0 Å². The molecule has 0 atom stereocenters. The number of nitrogens with one attached hydrogen (secondary N) is 1. The van der Waals surface area contributed by atoms with Crippen LogP contribution >= 0.6 is 0 Å². The van der Waals surface area contributed by atoms with Crippen LogP contribution < -0.4 is 0 Å². The summed E-state index contributed by atoms with van der Waals surface area (Å²) in [6, 6.07) is 6.31. The van der Waals surface area contributed by atoms with E-state index in [2.05, 4.69) is 9.97 Å². The van der Waals surface area contributed by atoms with Gasteiger partial charge in [0.05, 0.1) is 0 Å². The van der Waals surface area contributed by atoms with Crippen molar-refractivity contribution >= 4 is 16.7 Å². The number of carbonyl (C=O) groups excluding carboxylic acids is 1. The summed E-state index contributed by atoms with van der Waals surface area (Å²) < 4.78 is 13.5. The van der Waals surface area contributed by atoms with Crippen LogP contribution in [0.15, 0.2) is 42.9 Å². The highest BCUT2D eigenvalue weighted by molar-refractivity contribution is 6.16. The van der Waals surface area contributed by atoms with Gasteiger partial charge in [0.1, 0.15) is 5.82 Å². The molecule has 19 heavy (non-hydrogen) atoms. The lowest BCUT2D eigenvalue weighted by molar-refractivity contribution is 0.104. The van der Waals surface area contributed by atoms with Gasteiger partial charge in [-0.15, -0.1) is 0 Å². The van der Waals surface area contributed by atoms with E-state index in [9.17, 15) is 9.18 Å². The third-order valence-electron chi connectivity index (χ3n) is 3.16. The number of hydrogen-bond donors (Lipinski definition) is 1. The molecule has 0 saturated heterocycles. The predicted octanol–water partition coefficient (Wildman–Crippen LogP) is 3.24. The zero-order chi connectivity index (χ0) is 13.4. The molecule has 1 aromatic carbocycles. The summed E-state index contributed by atoms with van der Waals surface area (Å²) in [7, 11) is 0. The maximum atomic E-state index is 13.5. The molecule has 3 aromatic rings. The normalized spacial score (nSPS) is 10.8. The first-order valence-corrected chi connectivity index (χ1v) is 5.89. The largest absolute Gasteiger partial charge is 0.360 e. The van der Waals surface area contributed by atoms with Crippen molar-refractivity contribution in [3.63, 3.8) is 0 Å². The van der Waals surface area contributed by atoms with E-state index in [0.29, 0.717) is 16.7 Å². The Morgan fingerprint density at radius 2 is 2.16 bits per heavy atom. The minimum Gasteiger partial charge on any atom is -0.360 e. The van der Waals surface area contributed by atoms with E-state index < -0.39 is 0 Å². The van der Waals surface area contributed by atoms with Crippen LogP contribution in [0.25, 0.3) is 10.9 Å². The Morgan fingerprint density at radius 3 is 2.95 bits per heavy atom. The molecule has 0 aliphatic carbocycles. The fourth-order valence-corrected chi connectivity index (χ4v) is 2.04. The molecular weight excluding hydrogens is 243 g/mol. The zero-order valence-corrected chi connectivity index (χ0v) is 10.3. The minimum atomic E-state index is -0.371. The first-order valence-electron chi connectivity index (χ1n) is 5.89. The van der Waals surface area contributed by atoms with Crippen LogP contribution in [0.4, 0.5) is 4.39 Å². The van der Waals surface area contributed by atoms with Crippen molar-refractivity contribution in [2.45, 2.75) is 6.92 Å². The molecule has 94 valence electrons. The molecule has 0 fully saturated rings. The van der Waals surface area contributed by atoms with E-state index in [1.807, 2.05) is 0 Å². The average Bonchev–Trinajstić information content (AvgIpc) is 2.85. The van der Waals surface area contributed by atoms with Crippen LogP contribution in [0.3, 0.4) is 0 Å². The highest BCUT2D eigenvalue weighted by Gasteiger charge is 2.15. The first kappa shape index (κ1) is 11.6. The second-order valence-corrected chi connectivity index (χ2v) is 4.42. The Hall–Kier alpha value is -2.49. The molecule has 0 amide bonds. The number of nitrogens with zero attached hydrogens (tertiary/aromatic N) is 1. The van der Waals surface area contributed by atoms with E-state index in [0.717, 1.165) is 10.9 Å². The molecule has 0 aliphatic heterocycles. The third kappa shape index (κ3) is 1.91. The molecule has 3 rings (SSSR count). The smallest absolute Gasteiger partial charge is 0.195 e. The molecule has 0 unspecified atom stereocenters. The van der Waals surface area contributed by atoms with E-state index in [1.165, 1.54) is 6.07 Å². The molecule has 0 bridgehead atoms. The number of ketones is 1. The highest BCUT2D eigenvalue weighted by atomic mass is 19.1. The predicted molar refractivity (Wildman–Crippen MR) is 70.7 cm³/mol. The second kappa shape index (κ2) is 4.31. The van der Waals surface area contributed by atoms with Gasteiger partial charge in [0.25, 0.3) is 0 Å². The van der Waals surface area contributed by atoms with Gasteiger partial charge in [0.2, 0.25) is 0 Å². The SMILES string of the molecule is Cc1ccc(C(=O)c2c[nH]c3ccncc23)cc1F. The van der Waals surface area contributed by atoms with E-state index in [1.54, 1.807) is 43.7 Å². The van der Waals surface area contributed by atoms with Crippen molar-refractivity contribution in [1.82, 2.24) is 9.97 Å². The van der Waals surface area contributed by atoms with Crippen LogP contribution in [-0.4, -0.2) is 15.8 Å². The molecule has 0 radical (unpaired) electrons. The number of hydrogen-bond acceptors (Lipinski definition) is 2. The van der Waals surface area contributed by atoms with Gasteiger partial charge in [-0.2, -0.15) is 0 Å². The minimum absolute atomic E-state index is 0.210. The summed E-state index contributed by atoms with van der Waals surface area (Å²) in [5.41, 5.74) is 2.21. The maximum Gasteiger partial charge on any atom is 0.195 e. The van der Waals surface area contributed by atoms with Crippen LogP contribution in [0.2, 0.25) is 0 Å². The van der Waals surface area contributed by atoms with E-state index in [-0.39, 0.29) is 11.6 Å². The number of benzene rings is 1. The zero-order valence-electron chi connectivity index (χ0n) is 10.3. The number of rotatable bonds is 2. The Morgan fingerprint density at radius 1 is 1.32 bits per heavy atom. The van der Waals surface area contributed by atoms with Gasteiger partial charge >= 0.3 is 0 Å². The summed E-state index contributed by atoms with van der Waals surface area (Å²) >= 11 is 0. The standard InChI is InChI=1S/C15H11FN2O/c1-9-2-3-10(6-13(9)16)15(19)12-8-18-14-4-5-17-7-11(12)14/h2-8,18H,1H3.